The molecule has 0 amide bonds. The van der Waals surface area contributed by atoms with Crippen molar-refractivity contribution in [3.63, 3.8) is 0 Å². The highest BCUT2D eigenvalue weighted by atomic mass is 35.5. The van der Waals surface area contributed by atoms with Gasteiger partial charge in [-0.25, -0.2) is 9.97 Å². The molecule has 10 heteroatoms. The third-order valence-electron chi connectivity index (χ3n) is 2.42. The number of nitriles is 2. The van der Waals surface area contributed by atoms with Crippen molar-refractivity contribution in [2.45, 2.75) is 6.36 Å². The molecule has 1 aromatic carbocycles. The lowest BCUT2D eigenvalue weighted by Crippen LogP contribution is -2.17. The molecule has 0 unspecified atom stereocenters. The molecule has 0 saturated heterocycles. The van der Waals surface area contributed by atoms with Crippen molar-refractivity contribution in [1.82, 2.24) is 9.97 Å². The van der Waals surface area contributed by atoms with Crippen LogP contribution in [0.1, 0.15) is 11.4 Å². The van der Waals surface area contributed by atoms with Gasteiger partial charge in [-0.1, -0.05) is 11.6 Å². The van der Waals surface area contributed by atoms with Crippen LogP contribution < -0.4 is 10.1 Å². The molecule has 2 aromatic rings. The van der Waals surface area contributed by atoms with Gasteiger partial charge in [0.05, 0.1) is 0 Å². The second-order valence-corrected chi connectivity index (χ2v) is 4.34. The van der Waals surface area contributed by atoms with Crippen molar-refractivity contribution in [3.8, 4) is 17.9 Å². The minimum Gasteiger partial charge on any atom is -0.406 e. The quantitative estimate of drug-likeness (QED) is 0.919. The van der Waals surface area contributed by atoms with Crippen molar-refractivity contribution < 1.29 is 17.9 Å². The molecule has 0 spiro atoms. The fourth-order valence-corrected chi connectivity index (χ4v) is 1.70. The summed E-state index contributed by atoms with van der Waals surface area (Å²) in [5.41, 5.74) is -0.113. The first-order chi connectivity index (χ1) is 10.8. The largest absolute Gasteiger partial charge is 0.573 e. The predicted molar refractivity (Wildman–Crippen MR) is 72.9 cm³/mol. The van der Waals surface area contributed by atoms with Crippen molar-refractivity contribution in [1.29, 1.82) is 10.5 Å². The fourth-order valence-electron chi connectivity index (χ4n) is 1.53. The molecular formula is C13H5ClF3N5O. The Kier molecular flexibility index (Phi) is 4.53. The smallest absolute Gasteiger partial charge is 0.406 e. The second-order valence-electron chi connectivity index (χ2n) is 3.98. The molecule has 23 heavy (non-hydrogen) atoms. The summed E-state index contributed by atoms with van der Waals surface area (Å²) in [6.45, 7) is 0. The predicted octanol–water partition coefficient (Wildman–Crippen LogP) is 3.52. The van der Waals surface area contributed by atoms with Gasteiger partial charge in [0.15, 0.2) is 22.4 Å². The van der Waals surface area contributed by atoms with Gasteiger partial charge < -0.3 is 10.1 Å². The van der Waals surface area contributed by atoms with Gasteiger partial charge in [0.25, 0.3) is 0 Å². The van der Waals surface area contributed by atoms with Crippen LogP contribution >= 0.6 is 11.6 Å². The first-order valence-corrected chi connectivity index (χ1v) is 6.21. The SMILES string of the molecule is N#Cc1nc(Cl)c(Nc2ccc(OC(F)(F)F)cc2)nc1C#N. The van der Waals surface area contributed by atoms with Crippen LogP contribution in [0.25, 0.3) is 0 Å². The molecule has 0 saturated carbocycles. The van der Waals surface area contributed by atoms with E-state index >= 15 is 0 Å². The number of hydrogen-bond donors (Lipinski definition) is 1. The number of nitrogens with zero attached hydrogens (tertiary/aromatic N) is 4. The number of aromatic nitrogens is 2. The van der Waals surface area contributed by atoms with Gasteiger partial charge in [-0.3, -0.25) is 0 Å². The molecule has 1 heterocycles. The van der Waals surface area contributed by atoms with Crippen LogP contribution in [0.2, 0.25) is 5.15 Å². The van der Waals surface area contributed by atoms with Crippen LogP contribution in [0.5, 0.6) is 5.75 Å². The van der Waals surface area contributed by atoms with Gasteiger partial charge in [-0.15, -0.1) is 13.2 Å². The van der Waals surface area contributed by atoms with Crippen molar-refractivity contribution in [3.05, 3.63) is 40.8 Å². The van der Waals surface area contributed by atoms with Gasteiger partial charge in [0, 0.05) is 5.69 Å². The summed E-state index contributed by atoms with van der Waals surface area (Å²) in [4.78, 5) is 7.55. The summed E-state index contributed by atoms with van der Waals surface area (Å²) >= 11 is 5.84. The molecule has 6 nitrogen and oxygen atoms in total. The van der Waals surface area contributed by atoms with Crippen LogP contribution in [-0.4, -0.2) is 16.3 Å². The lowest BCUT2D eigenvalue weighted by molar-refractivity contribution is -0.274. The monoisotopic (exact) mass is 339 g/mol. The second kappa shape index (κ2) is 6.38. The third kappa shape index (κ3) is 4.22. The first-order valence-electron chi connectivity index (χ1n) is 5.83. The van der Waals surface area contributed by atoms with Crippen LogP contribution in [0, 0.1) is 22.7 Å². The third-order valence-corrected chi connectivity index (χ3v) is 2.68. The number of anilines is 2. The van der Waals surface area contributed by atoms with Gasteiger partial charge in [-0.05, 0) is 24.3 Å². The maximum atomic E-state index is 12.1. The maximum absolute atomic E-state index is 12.1. The number of rotatable bonds is 3. The van der Waals surface area contributed by atoms with Gasteiger partial charge in [0.2, 0.25) is 0 Å². The van der Waals surface area contributed by atoms with Crippen LogP contribution in [-0.2, 0) is 0 Å². The Morgan fingerprint density at radius 1 is 1.04 bits per heavy atom. The standard InChI is InChI=1S/C13H5ClF3N5O/c14-11-12(22-10(6-19)9(5-18)21-11)20-7-1-3-8(4-2-7)23-13(15,16)17/h1-4H,(H,20,22). The molecule has 0 aliphatic heterocycles. The average Bonchev–Trinajstić information content (AvgIpc) is 2.49. The van der Waals surface area contributed by atoms with Crippen molar-refractivity contribution >= 4 is 23.1 Å². The van der Waals surface area contributed by atoms with E-state index in [9.17, 15) is 13.2 Å². The van der Waals surface area contributed by atoms with E-state index in [2.05, 4.69) is 20.0 Å². The highest BCUT2D eigenvalue weighted by Crippen LogP contribution is 2.27. The number of alkyl halides is 3. The molecule has 0 aliphatic rings. The van der Waals surface area contributed by atoms with Crippen molar-refractivity contribution in [2.24, 2.45) is 0 Å². The minimum atomic E-state index is -4.78. The Morgan fingerprint density at radius 2 is 1.61 bits per heavy atom. The minimum absolute atomic E-state index is 0.00768. The molecular weight excluding hydrogens is 335 g/mol. The summed E-state index contributed by atoms with van der Waals surface area (Å²) in [5, 5.41) is 20.2. The van der Waals surface area contributed by atoms with Gasteiger partial charge >= 0.3 is 6.36 Å². The fraction of sp³-hybridized carbons (Fsp3) is 0.0769. The average molecular weight is 340 g/mol. The summed E-state index contributed by atoms with van der Waals surface area (Å²) in [5.74, 6) is -0.399. The molecule has 116 valence electrons. The number of benzene rings is 1. The van der Waals surface area contributed by atoms with E-state index in [-0.39, 0.29) is 22.4 Å². The lowest BCUT2D eigenvalue weighted by Gasteiger charge is -2.10. The Morgan fingerprint density at radius 3 is 2.13 bits per heavy atom. The number of ether oxygens (including phenoxy) is 1. The van der Waals surface area contributed by atoms with Crippen molar-refractivity contribution in [2.75, 3.05) is 5.32 Å². The molecule has 2 rings (SSSR count). The Balaban J connectivity index is 2.23. The van der Waals surface area contributed by atoms with Gasteiger partial charge in [0.1, 0.15) is 17.9 Å². The zero-order valence-electron chi connectivity index (χ0n) is 11.0. The Bertz CT molecular complexity index is 809. The number of nitrogens with one attached hydrogen (secondary N) is 1. The molecule has 0 fully saturated rings. The summed E-state index contributed by atoms with van der Waals surface area (Å²) in [7, 11) is 0. The molecule has 0 radical (unpaired) electrons. The maximum Gasteiger partial charge on any atom is 0.573 e. The van der Waals surface area contributed by atoms with Crippen LogP contribution in [0.15, 0.2) is 24.3 Å². The molecule has 0 bridgehead atoms. The van der Waals surface area contributed by atoms with E-state index in [1.807, 2.05) is 0 Å². The Labute approximate surface area is 132 Å². The van der Waals surface area contributed by atoms with E-state index in [0.29, 0.717) is 5.69 Å². The Hall–Kier alpha value is -3.04. The highest BCUT2D eigenvalue weighted by Gasteiger charge is 2.30. The summed E-state index contributed by atoms with van der Waals surface area (Å²) in [6.07, 6.45) is -4.78. The lowest BCUT2D eigenvalue weighted by atomic mass is 10.3. The summed E-state index contributed by atoms with van der Waals surface area (Å²) in [6, 6.07) is 8.14. The first kappa shape index (κ1) is 16.3. The molecule has 1 aromatic heterocycles. The zero-order valence-corrected chi connectivity index (χ0v) is 11.8. The van der Waals surface area contributed by atoms with E-state index in [4.69, 9.17) is 22.1 Å². The zero-order chi connectivity index (χ0) is 17.0. The van der Waals surface area contributed by atoms with Crippen LogP contribution in [0.4, 0.5) is 24.7 Å². The van der Waals surface area contributed by atoms with Crippen LogP contribution in [0.3, 0.4) is 0 Å². The normalized spacial score (nSPS) is 10.5. The molecule has 1 N–H and O–H groups in total. The van der Waals surface area contributed by atoms with E-state index in [0.717, 1.165) is 12.1 Å². The topological polar surface area (TPSA) is 94.6 Å². The van der Waals surface area contributed by atoms with Gasteiger partial charge in [-0.2, -0.15) is 10.5 Å². The summed E-state index contributed by atoms with van der Waals surface area (Å²) < 4.78 is 39.9. The van der Waals surface area contributed by atoms with E-state index in [1.165, 1.54) is 12.1 Å². The molecule has 0 aliphatic carbocycles. The van der Waals surface area contributed by atoms with E-state index < -0.39 is 12.1 Å². The highest BCUT2D eigenvalue weighted by molar-refractivity contribution is 6.31. The van der Waals surface area contributed by atoms with E-state index in [1.54, 1.807) is 12.1 Å². The molecule has 0 atom stereocenters. The number of hydrogen-bond acceptors (Lipinski definition) is 6. The number of halogens is 4.